The molecule has 116 valence electrons. The smallest absolute Gasteiger partial charge is 0.230 e. The molecule has 0 saturated heterocycles. The molecule has 1 N–H and O–H groups in total. The average Bonchev–Trinajstić information content (AvgIpc) is 2.92. The van der Waals surface area contributed by atoms with Crippen LogP contribution in [-0.2, 0) is 11.3 Å². The highest BCUT2D eigenvalue weighted by atomic mass is 32.2. The third-order valence-corrected chi connectivity index (χ3v) is 3.95. The molecule has 22 heavy (non-hydrogen) atoms. The van der Waals surface area contributed by atoms with Gasteiger partial charge in [0, 0.05) is 30.5 Å². The lowest BCUT2D eigenvalue weighted by molar-refractivity contribution is -0.118. The minimum Gasteiger partial charge on any atom is -0.352 e. The molecule has 2 rings (SSSR count). The molecule has 7 heteroatoms. The van der Waals surface area contributed by atoms with Crippen molar-refractivity contribution in [2.75, 3.05) is 12.3 Å². The van der Waals surface area contributed by atoms with Crippen LogP contribution in [0.4, 0.5) is 0 Å². The summed E-state index contributed by atoms with van der Waals surface area (Å²) < 4.78 is 1.92. The van der Waals surface area contributed by atoms with Crippen LogP contribution in [0.15, 0.2) is 36.3 Å². The summed E-state index contributed by atoms with van der Waals surface area (Å²) in [6, 6.07) is 1.85. The van der Waals surface area contributed by atoms with Crippen molar-refractivity contribution in [1.29, 1.82) is 0 Å². The Bertz CT molecular complexity index is 668. The molecule has 0 aliphatic rings. The van der Waals surface area contributed by atoms with Crippen LogP contribution in [0, 0.1) is 6.92 Å². The van der Waals surface area contributed by atoms with Crippen LogP contribution in [0.1, 0.15) is 12.6 Å². The average molecular weight is 317 g/mol. The van der Waals surface area contributed by atoms with Gasteiger partial charge in [-0.05, 0) is 19.9 Å². The van der Waals surface area contributed by atoms with Crippen LogP contribution in [0.5, 0.6) is 0 Å². The number of nitrogens with zero attached hydrogens (tertiary/aromatic N) is 4. The van der Waals surface area contributed by atoms with Crippen LogP contribution < -0.4 is 5.32 Å². The second-order valence-electron chi connectivity index (χ2n) is 4.57. The fraction of sp³-hybridized carbons (Fsp3) is 0.333. The van der Waals surface area contributed by atoms with E-state index in [1.807, 2.05) is 30.8 Å². The molecule has 0 bridgehead atoms. The molecule has 2 aromatic heterocycles. The number of hydrogen-bond donors (Lipinski definition) is 1. The van der Waals surface area contributed by atoms with E-state index in [2.05, 4.69) is 27.0 Å². The molecule has 0 aliphatic heterocycles. The minimum atomic E-state index is -0.0612. The Morgan fingerprint density at radius 2 is 2.36 bits per heavy atom. The molecule has 0 aliphatic carbocycles. The Morgan fingerprint density at radius 1 is 1.55 bits per heavy atom. The zero-order valence-electron chi connectivity index (χ0n) is 12.7. The highest BCUT2D eigenvalue weighted by molar-refractivity contribution is 7.99. The van der Waals surface area contributed by atoms with Gasteiger partial charge in [-0.1, -0.05) is 17.8 Å². The van der Waals surface area contributed by atoms with Gasteiger partial charge in [0.2, 0.25) is 5.91 Å². The predicted octanol–water partition coefficient (Wildman–Crippen LogP) is 2.06. The third kappa shape index (κ3) is 3.94. The monoisotopic (exact) mass is 317 g/mol. The molecule has 0 saturated carbocycles. The van der Waals surface area contributed by atoms with Crippen molar-refractivity contribution in [3.63, 3.8) is 0 Å². The summed E-state index contributed by atoms with van der Waals surface area (Å²) in [4.78, 5) is 20.3. The van der Waals surface area contributed by atoms with Crippen molar-refractivity contribution < 1.29 is 4.79 Å². The van der Waals surface area contributed by atoms with Gasteiger partial charge in [0.15, 0.2) is 5.16 Å². The van der Waals surface area contributed by atoms with Gasteiger partial charge in [0.1, 0.15) is 0 Å². The molecule has 0 unspecified atom stereocenters. The standard InChI is InChI=1S/C15H19N5OS/c1-4-7-16-14(21)10-22-15-17-8-6-13(19-15)12-9-18-20(5-2)11(12)3/h4,6,8-9H,1,5,7,10H2,2-3H3,(H,16,21). The van der Waals surface area contributed by atoms with Crippen molar-refractivity contribution in [1.82, 2.24) is 25.1 Å². The van der Waals surface area contributed by atoms with E-state index in [9.17, 15) is 4.79 Å². The van der Waals surface area contributed by atoms with Gasteiger partial charge in [-0.15, -0.1) is 6.58 Å². The van der Waals surface area contributed by atoms with Crippen LogP contribution >= 0.6 is 11.8 Å². The van der Waals surface area contributed by atoms with E-state index < -0.39 is 0 Å². The molecule has 2 aromatic rings. The first-order valence-electron chi connectivity index (χ1n) is 7.02. The largest absolute Gasteiger partial charge is 0.352 e. The lowest BCUT2D eigenvalue weighted by Gasteiger charge is -2.04. The summed E-state index contributed by atoms with van der Waals surface area (Å²) in [5.41, 5.74) is 2.88. The van der Waals surface area contributed by atoms with Crippen molar-refractivity contribution in [3.05, 3.63) is 36.8 Å². The summed E-state index contributed by atoms with van der Waals surface area (Å²) in [6.07, 6.45) is 5.16. The van der Waals surface area contributed by atoms with E-state index in [1.54, 1.807) is 12.3 Å². The van der Waals surface area contributed by atoms with Crippen LogP contribution in [0.2, 0.25) is 0 Å². The van der Waals surface area contributed by atoms with E-state index in [0.29, 0.717) is 11.7 Å². The Labute approximate surface area is 134 Å². The van der Waals surface area contributed by atoms with Gasteiger partial charge in [0.05, 0.1) is 17.6 Å². The van der Waals surface area contributed by atoms with Gasteiger partial charge in [-0.25, -0.2) is 9.97 Å². The highest BCUT2D eigenvalue weighted by Crippen LogP contribution is 2.23. The zero-order valence-corrected chi connectivity index (χ0v) is 13.6. The Kier molecular flexibility index (Phi) is 5.71. The highest BCUT2D eigenvalue weighted by Gasteiger charge is 2.11. The summed E-state index contributed by atoms with van der Waals surface area (Å²) in [7, 11) is 0. The number of amides is 1. The third-order valence-electron chi connectivity index (χ3n) is 3.09. The molecule has 0 spiro atoms. The second-order valence-corrected chi connectivity index (χ2v) is 5.51. The van der Waals surface area contributed by atoms with Crippen molar-refractivity contribution in [2.45, 2.75) is 25.5 Å². The maximum atomic E-state index is 11.6. The molecule has 6 nitrogen and oxygen atoms in total. The van der Waals surface area contributed by atoms with Crippen molar-refractivity contribution in [3.8, 4) is 11.3 Å². The number of carbonyl (C=O) groups is 1. The lowest BCUT2D eigenvalue weighted by Crippen LogP contribution is -2.25. The van der Waals surface area contributed by atoms with Crippen molar-refractivity contribution in [2.24, 2.45) is 0 Å². The summed E-state index contributed by atoms with van der Waals surface area (Å²) >= 11 is 1.31. The fourth-order valence-electron chi connectivity index (χ4n) is 1.94. The van der Waals surface area contributed by atoms with Gasteiger partial charge in [-0.3, -0.25) is 9.48 Å². The van der Waals surface area contributed by atoms with Gasteiger partial charge in [-0.2, -0.15) is 5.10 Å². The molecule has 0 radical (unpaired) electrons. The Hall–Kier alpha value is -2.15. The molecule has 0 atom stereocenters. The van der Waals surface area contributed by atoms with E-state index in [-0.39, 0.29) is 11.7 Å². The van der Waals surface area contributed by atoms with E-state index >= 15 is 0 Å². The first-order valence-corrected chi connectivity index (χ1v) is 8.00. The number of rotatable bonds is 7. The number of carbonyl (C=O) groups excluding carboxylic acids is 1. The van der Waals surface area contributed by atoms with Crippen LogP contribution in [0.25, 0.3) is 11.3 Å². The van der Waals surface area contributed by atoms with E-state index in [4.69, 9.17) is 0 Å². The zero-order chi connectivity index (χ0) is 15.9. The number of thioether (sulfide) groups is 1. The maximum Gasteiger partial charge on any atom is 0.230 e. The summed E-state index contributed by atoms with van der Waals surface area (Å²) in [6.45, 7) is 8.91. The summed E-state index contributed by atoms with van der Waals surface area (Å²) in [5, 5.41) is 7.62. The Morgan fingerprint density at radius 3 is 3.05 bits per heavy atom. The Balaban J connectivity index is 2.08. The van der Waals surface area contributed by atoms with Crippen LogP contribution in [-0.4, -0.2) is 38.0 Å². The quantitative estimate of drug-likeness (QED) is 0.481. The molecule has 2 heterocycles. The fourth-order valence-corrected chi connectivity index (χ4v) is 2.60. The normalized spacial score (nSPS) is 10.5. The number of hydrogen-bond acceptors (Lipinski definition) is 5. The summed E-state index contributed by atoms with van der Waals surface area (Å²) in [5.74, 6) is 0.221. The first-order chi connectivity index (χ1) is 10.7. The number of aryl methyl sites for hydroxylation is 1. The van der Waals surface area contributed by atoms with Crippen LogP contribution in [0.3, 0.4) is 0 Å². The molecular formula is C15H19N5OS. The molecule has 0 fully saturated rings. The van der Waals surface area contributed by atoms with Gasteiger partial charge < -0.3 is 5.32 Å². The first kappa shape index (κ1) is 16.2. The molecule has 0 aromatic carbocycles. The molecular weight excluding hydrogens is 298 g/mol. The predicted molar refractivity (Wildman–Crippen MR) is 87.6 cm³/mol. The number of nitrogens with one attached hydrogen (secondary N) is 1. The molecule has 1 amide bonds. The lowest BCUT2D eigenvalue weighted by atomic mass is 10.2. The number of aromatic nitrogens is 4. The van der Waals surface area contributed by atoms with Crippen molar-refractivity contribution >= 4 is 17.7 Å². The van der Waals surface area contributed by atoms with E-state index in [1.165, 1.54) is 11.8 Å². The minimum absolute atomic E-state index is 0.0612. The maximum absolute atomic E-state index is 11.6. The van der Waals surface area contributed by atoms with E-state index in [0.717, 1.165) is 23.5 Å². The van der Waals surface area contributed by atoms with Gasteiger partial charge >= 0.3 is 0 Å². The SMILES string of the molecule is C=CCNC(=O)CSc1nccc(-c2cnn(CC)c2C)n1. The van der Waals surface area contributed by atoms with Gasteiger partial charge in [0.25, 0.3) is 0 Å². The topological polar surface area (TPSA) is 72.7 Å². The second kappa shape index (κ2) is 7.74.